The molecule has 382 valence electrons. The van der Waals surface area contributed by atoms with E-state index >= 15 is 0 Å². The van der Waals surface area contributed by atoms with Crippen molar-refractivity contribution in [2.24, 2.45) is 0 Å². The summed E-state index contributed by atoms with van der Waals surface area (Å²) in [6.07, 6.45) is 3.53. The molecule has 0 atom stereocenters. The van der Waals surface area contributed by atoms with E-state index in [0.29, 0.717) is 64.9 Å². The molecule has 1 aliphatic heterocycles. The van der Waals surface area contributed by atoms with Crippen LogP contribution in [0.4, 0.5) is 0 Å². The maximum absolute atomic E-state index is 12.7. The molecule has 3 aliphatic carbocycles. The Morgan fingerprint density at radius 3 is 1.18 bits per heavy atom. The monoisotopic (exact) mass is 988 g/mol. The number of carbonyl (C=O) groups is 3. The topological polar surface area (TPSA) is 116 Å². The fourth-order valence-electron chi connectivity index (χ4n) is 10.1. The molecule has 73 heavy (non-hydrogen) atoms. The number of likely N-dealkylation sites (N-methyl/N-ethyl adjacent to an activating group) is 1. The molecule has 0 radical (unpaired) electrons. The Morgan fingerprint density at radius 1 is 0.425 bits per heavy atom. The first kappa shape index (κ1) is 52.3. The van der Waals surface area contributed by atoms with Gasteiger partial charge in [-0.15, -0.1) is 0 Å². The summed E-state index contributed by atoms with van der Waals surface area (Å²) in [6, 6.07) is 34.0. The summed E-state index contributed by atoms with van der Waals surface area (Å²) in [7, 11) is 4.83. The van der Waals surface area contributed by atoms with Crippen molar-refractivity contribution in [3.8, 4) is 67.9 Å². The SMILES string of the molecule is CCN(CC)CCCOc1cccc2c1-c1ccc(OC)cc1C2=O.CCN(CC)CCOc1cccc2c1-c1ccc(OC)cc1C2=O.COc1ccc2c(c1)C(=O)c1cccc(OCCN3CCCC3)c1-2. The molecule has 6 aromatic carbocycles. The smallest absolute Gasteiger partial charge is 0.194 e. The molecule has 0 spiro atoms. The van der Waals surface area contributed by atoms with E-state index in [2.05, 4.69) is 42.4 Å². The molecule has 0 unspecified atom stereocenters. The molecule has 0 bridgehead atoms. The van der Waals surface area contributed by atoms with Crippen LogP contribution < -0.4 is 28.4 Å². The van der Waals surface area contributed by atoms with E-state index in [0.717, 1.165) is 122 Å². The third kappa shape index (κ3) is 11.5. The molecule has 6 aromatic rings. The summed E-state index contributed by atoms with van der Waals surface area (Å²) in [5.41, 5.74) is 9.73. The fourth-order valence-corrected chi connectivity index (χ4v) is 10.1. The van der Waals surface area contributed by atoms with Crippen LogP contribution in [0.5, 0.6) is 34.5 Å². The number of fused-ring (bicyclic) bond motifs is 9. The fraction of sp³-hybridized carbons (Fsp3) is 0.361. The number of rotatable bonds is 20. The lowest BCUT2D eigenvalue weighted by Crippen LogP contribution is -2.27. The van der Waals surface area contributed by atoms with Crippen LogP contribution in [-0.2, 0) is 0 Å². The van der Waals surface area contributed by atoms with Crippen molar-refractivity contribution in [2.45, 2.75) is 47.0 Å². The molecule has 0 amide bonds. The van der Waals surface area contributed by atoms with Crippen LogP contribution in [0, 0.1) is 0 Å². The number of nitrogens with zero attached hydrogens (tertiary/aromatic N) is 3. The molecule has 0 saturated carbocycles. The molecule has 4 aliphatic rings. The van der Waals surface area contributed by atoms with E-state index in [-0.39, 0.29) is 17.3 Å². The molecular weight excluding hydrogens is 919 g/mol. The van der Waals surface area contributed by atoms with Crippen molar-refractivity contribution >= 4 is 17.3 Å². The Morgan fingerprint density at radius 2 is 0.795 bits per heavy atom. The summed E-state index contributed by atoms with van der Waals surface area (Å²) >= 11 is 0. The summed E-state index contributed by atoms with van der Waals surface area (Å²) < 4.78 is 33.9. The van der Waals surface area contributed by atoms with Gasteiger partial charge in [-0.3, -0.25) is 19.3 Å². The van der Waals surface area contributed by atoms with Gasteiger partial charge in [-0.2, -0.15) is 0 Å². The van der Waals surface area contributed by atoms with Crippen LogP contribution >= 0.6 is 0 Å². The van der Waals surface area contributed by atoms with Crippen molar-refractivity contribution < 1.29 is 42.8 Å². The van der Waals surface area contributed by atoms with Gasteiger partial charge in [0.15, 0.2) is 17.3 Å². The van der Waals surface area contributed by atoms with Gasteiger partial charge >= 0.3 is 0 Å². The highest BCUT2D eigenvalue weighted by Crippen LogP contribution is 2.46. The maximum atomic E-state index is 12.7. The van der Waals surface area contributed by atoms with Gasteiger partial charge in [-0.05, 0) is 148 Å². The predicted molar refractivity (Wildman–Crippen MR) is 288 cm³/mol. The van der Waals surface area contributed by atoms with Crippen molar-refractivity contribution in [3.63, 3.8) is 0 Å². The Bertz CT molecular complexity index is 2800. The van der Waals surface area contributed by atoms with E-state index in [1.54, 1.807) is 27.4 Å². The van der Waals surface area contributed by atoms with Crippen molar-refractivity contribution in [1.29, 1.82) is 0 Å². The number of carbonyl (C=O) groups excluding carboxylic acids is 3. The quantitative estimate of drug-likeness (QED) is 0.0677. The normalized spacial score (nSPS) is 13.5. The third-order valence-electron chi connectivity index (χ3n) is 14.2. The molecule has 1 fully saturated rings. The largest absolute Gasteiger partial charge is 0.497 e. The van der Waals surface area contributed by atoms with Gasteiger partial charge in [-0.1, -0.05) is 64.1 Å². The van der Waals surface area contributed by atoms with Crippen LogP contribution in [0.1, 0.15) is 94.7 Å². The number of hydrogen-bond acceptors (Lipinski definition) is 12. The third-order valence-corrected chi connectivity index (χ3v) is 14.2. The van der Waals surface area contributed by atoms with Gasteiger partial charge in [-0.25, -0.2) is 0 Å². The Labute approximate surface area is 430 Å². The molecule has 0 N–H and O–H groups in total. The Hall–Kier alpha value is -6.99. The molecule has 12 nitrogen and oxygen atoms in total. The Balaban J connectivity index is 0.000000146. The van der Waals surface area contributed by atoms with Gasteiger partial charge in [0, 0.05) is 69.7 Å². The molecular formula is C61H69N3O9. The van der Waals surface area contributed by atoms with E-state index in [1.807, 2.05) is 103 Å². The Kier molecular flexibility index (Phi) is 17.7. The van der Waals surface area contributed by atoms with E-state index in [4.69, 9.17) is 28.4 Å². The van der Waals surface area contributed by atoms with Crippen LogP contribution in [-0.4, -0.2) is 132 Å². The standard InChI is InChI=1S/C21H25NO3.C20H21NO3.C20H23NO3/c1-4-22(5-2)12-7-13-25-19-9-6-8-17-20(19)16-11-10-15(24-3)14-18(16)21(17)23;1-23-14-7-8-15-17(13-14)20(22)16-5-4-6-18(19(15)16)24-12-11-21-9-2-3-10-21;1-4-21(5-2)11-12-24-18-8-6-7-16-19(18)15-10-9-14(23-3)13-17(15)20(16)22/h6,8-11,14H,4-5,7,12-13H2,1-3H3;4-8,13H,2-3,9-12H2,1H3;6-10,13H,4-5,11-12H2,1-3H3. The minimum absolute atomic E-state index is 0.0353. The summed E-state index contributed by atoms with van der Waals surface area (Å²) in [5, 5.41) is 0. The van der Waals surface area contributed by atoms with Crippen molar-refractivity contribution in [1.82, 2.24) is 14.7 Å². The van der Waals surface area contributed by atoms with Gasteiger partial charge in [0.1, 0.15) is 47.7 Å². The van der Waals surface area contributed by atoms with Crippen LogP contribution in [0.2, 0.25) is 0 Å². The lowest BCUT2D eigenvalue weighted by molar-refractivity contribution is 0.103. The highest BCUT2D eigenvalue weighted by atomic mass is 16.5. The van der Waals surface area contributed by atoms with Gasteiger partial charge in [0.25, 0.3) is 0 Å². The average molecular weight is 988 g/mol. The minimum Gasteiger partial charge on any atom is -0.497 e. The zero-order chi connectivity index (χ0) is 51.4. The van der Waals surface area contributed by atoms with Crippen LogP contribution in [0.25, 0.3) is 33.4 Å². The number of methoxy groups -OCH3 is 3. The average Bonchev–Trinajstić information content (AvgIpc) is 4.21. The predicted octanol–water partition coefficient (Wildman–Crippen LogP) is 11.0. The number of ether oxygens (including phenoxy) is 6. The number of benzene rings is 6. The first-order chi connectivity index (χ1) is 35.7. The van der Waals surface area contributed by atoms with Gasteiger partial charge < -0.3 is 38.2 Å². The van der Waals surface area contributed by atoms with E-state index < -0.39 is 0 Å². The second-order valence-electron chi connectivity index (χ2n) is 18.3. The summed E-state index contributed by atoms with van der Waals surface area (Å²) in [4.78, 5) is 45.1. The first-order valence-electron chi connectivity index (χ1n) is 25.8. The van der Waals surface area contributed by atoms with E-state index in [9.17, 15) is 14.4 Å². The zero-order valence-electron chi connectivity index (χ0n) is 43.5. The van der Waals surface area contributed by atoms with Crippen molar-refractivity contribution in [2.75, 3.05) is 100 Å². The summed E-state index contributed by atoms with van der Waals surface area (Å²) in [6.45, 7) is 19.8. The highest BCUT2D eigenvalue weighted by Gasteiger charge is 2.32. The van der Waals surface area contributed by atoms with Crippen LogP contribution in [0.15, 0.2) is 109 Å². The van der Waals surface area contributed by atoms with Crippen molar-refractivity contribution in [3.05, 3.63) is 143 Å². The zero-order valence-corrected chi connectivity index (χ0v) is 43.5. The first-order valence-corrected chi connectivity index (χ1v) is 25.8. The number of likely N-dealkylation sites (tertiary alicyclic amines) is 1. The highest BCUT2D eigenvalue weighted by molar-refractivity contribution is 6.24. The number of ketones is 3. The van der Waals surface area contributed by atoms with E-state index in [1.165, 1.54) is 12.8 Å². The summed E-state index contributed by atoms with van der Waals surface area (Å²) in [5.74, 6) is 4.57. The molecule has 1 saturated heterocycles. The molecule has 12 heteroatoms. The van der Waals surface area contributed by atoms with Gasteiger partial charge in [0.05, 0.1) is 27.9 Å². The number of hydrogen-bond donors (Lipinski definition) is 0. The molecule has 10 rings (SSSR count). The second-order valence-corrected chi connectivity index (χ2v) is 18.3. The second kappa shape index (κ2) is 24.6. The van der Waals surface area contributed by atoms with Crippen LogP contribution in [0.3, 0.4) is 0 Å². The molecule has 1 heterocycles. The lowest BCUT2D eigenvalue weighted by atomic mass is 10.0. The molecule has 0 aromatic heterocycles. The van der Waals surface area contributed by atoms with Gasteiger partial charge in [0.2, 0.25) is 0 Å². The maximum Gasteiger partial charge on any atom is 0.194 e. The lowest BCUT2D eigenvalue weighted by Gasteiger charge is -2.19. The minimum atomic E-state index is 0.0353.